The number of carbonyl (C=O) groups is 1. The molecule has 0 radical (unpaired) electrons. The predicted octanol–water partition coefficient (Wildman–Crippen LogP) is 1.60. The van der Waals surface area contributed by atoms with Crippen LogP contribution < -0.4 is 0 Å². The average Bonchev–Trinajstić information content (AvgIpc) is 2.30. The van der Waals surface area contributed by atoms with Gasteiger partial charge in [0.05, 0.1) is 6.54 Å². The molecule has 86 valence electrons. The van der Waals surface area contributed by atoms with Crippen LogP contribution in [0.1, 0.15) is 24.3 Å². The van der Waals surface area contributed by atoms with Gasteiger partial charge in [0.2, 0.25) is 5.95 Å². The smallest absolute Gasteiger partial charge is 0.216 e. The van der Waals surface area contributed by atoms with E-state index in [4.69, 9.17) is 0 Å². The summed E-state index contributed by atoms with van der Waals surface area (Å²) in [5.41, 5.74) is 0.679. The van der Waals surface area contributed by atoms with E-state index in [-0.39, 0.29) is 11.9 Å². The third-order valence-corrected chi connectivity index (χ3v) is 3.07. The summed E-state index contributed by atoms with van der Waals surface area (Å²) < 4.78 is 13.5. The van der Waals surface area contributed by atoms with Crippen LogP contribution in [0.25, 0.3) is 0 Å². The Morgan fingerprint density at radius 1 is 1.62 bits per heavy atom. The van der Waals surface area contributed by atoms with Gasteiger partial charge in [-0.25, -0.2) is 4.98 Å². The van der Waals surface area contributed by atoms with Crippen LogP contribution in [0, 0.1) is 5.95 Å². The lowest BCUT2D eigenvalue weighted by molar-refractivity contribution is -0.109. The van der Waals surface area contributed by atoms with Crippen molar-refractivity contribution < 1.29 is 9.18 Å². The van der Waals surface area contributed by atoms with Crippen molar-refractivity contribution in [3.63, 3.8) is 0 Å². The first kappa shape index (κ1) is 11.2. The van der Waals surface area contributed by atoms with E-state index in [2.05, 4.69) is 9.88 Å². The molecule has 0 saturated carbocycles. The molecule has 1 aromatic heterocycles. The Bertz CT molecular complexity index is 370. The van der Waals surface area contributed by atoms with Crippen LogP contribution in [0.3, 0.4) is 0 Å². The summed E-state index contributed by atoms with van der Waals surface area (Å²) >= 11 is 0. The summed E-state index contributed by atoms with van der Waals surface area (Å²) in [7, 11) is 0. The van der Waals surface area contributed by atoms with Crippen molar-refractivity contribution in [2.75, 3.05) is 19.6 Å². The number of rotatable bonds is 3. The molecule has 1 fully saturated rings. The van der Waals surface area contributed by atoms with Crippen molar-refractivity contribution in [2.45, 2.75) is 18.8 Å². The second-order valence-corrected chi connectivity index (χ2v) is 4.15. The zero-order valence-corrected chi connectivity index (χ0v) is 9.10. The Morgan fingerprint density at radius 3 is 3.25 bits per heavy atom. The van der Waals surface area contributed by atoms with Crippen LogP contribution in [0.2, 0.25) is 0 Å². The number of aldehydes is 1. The van der Waals surface area contributed by atoms with Gasteiger partial charge in [-0.05, 0) is 25.5 Å². The van der Waals surface area contributed by atoms with E-state index in [9.17, 15) is 9.18 Å². The van der Waals surface area contributed by atoms with Gasteiger partial charge < -0.3 is 4.79 Å². The quantitative estimate of drug-likeness (QED) is 0.575. The molecule has 0 N–H and O–H groups in total. The molecule has 1 aromatic rings. The van der Waals surface area contributed by atoms with Crippen LogP contribution in [0.15, 0.2) is 18.3 Å². The number of aromatic nitrogens is 1. The number of hydrogen-bond acceptors (Lipinski definition) is 3. The molecule has 0 aromatic carbocycles. The van der Waals surface area contributed by atoms with Gasteiger partial charge in [0.1, 0.15) is 6.29 Å². The van der Waals surface area contributed by atoms with Gasteiger partial charge >= 0.3 is 0 Å². The SMILES string of the molecule is O=CCN1CCCC(c2cccnc2F)C1. The maximum Gasteiger partial charge on any atom is 0.216 e. The first-order valence-electron chi connectivity index (χ1n) is 5.57. The Kier molecular flexibility index (Phi) is 3.62. The first-order valence-corrected chi connectivity index (χ1v) is 5.57. The van der Waals surface area contributed by atoms with E-state index in [1.165, 1.54) is 6.20 Å². The van der Waals surface area contributed by atoms with Gasteiger partial charge in [-0.15, -0.1) is 0 Å². The molecule has 16 heavy (non-hydrogen) atoms. The number of halogens is 1. The molecule has 0 spiro atoms. The lowest BCUT2D eigenvalue weighted by atomic mass is 9.91. The van der Waals surface area contributed by atoms with Gasteiger partial charge in [0.25, 0.3) is 0 Å². The van der Waals surface area contributed by atoms with Crippen LogP contribution in [0.5, 0.6) is 0 Å². The van der Waals surface area contributed by atoms with E-state index >= 15 is 0 Å². The molecular formula is C12H15FN2O. The van der Waals surface area contributed by atoms with Crippen molar-refractivity contribution in [2.24, 2.45) is 0 Å². The number of piperidine rings is 1. The summed E-state index contributed by atoms with van der Waals surface area (Å²) in [6, 6.07) is 3.55. The second kappa shape index (κ2) is 5.16. The molecule has 1 aliphatic heterocycles. The molecular weight excluding hydrogens is 207 g/mol. The maximum absolute atomic E-state index is 13.5. The van der Waals surface area contributed by atoms with Gasteiger partial charge in [0.15, 0.2) is 0 Å². The van der Waals surface area contributed by atoms with Crippen LogP contribution >= 0.6 is 0 Å². The topological polar surface area (TPSA) is 33.2 Å². The zero-order valence-electron chi connectivity index (χ0n) is 9.10. The van der Waals surface area contributed by atoms with Gasteiger partial charge in [0, 0.05) is 24.2 Å². The number of carbonyl (C=O) groups excluding carboxylic acids is 1. The van der Waals surface area contributed by atoms with Gasteiger partial charge in [-0.1, -0.05) is 6.07 Å². The average molecular weight is 222 g/mol. The van der Waals surface area contributed by atoms with Crippen molar-refractivity contribution in [3.05, 3.63) is 29.8 Å². The molecule has 0 aliphatic carbocycles. The summed E-state index contributed by atoms with van der Waals surface area (Å²) in [6.45, 7) is 2.12. The number of nitrogens with zero attached hydrogens (tertiary/aromatic N) is 2. The largest absolute Gasteiger partial charge is 0.302 e. The fourth-order valence-electron chi connectivity index (χ4n) is 2.28. The molecule has 1 aliphatic rings. The standard InChI is InChI=1S/C12H15FN2O/c13-12-11(4-1-5-14-12)10-3-2-6-15(9-10)7-8-16/h1,4-5,8,10H,2-3,6-7,9H2. The Morgan fingerprint density at radius 2 is 2.50 bits per heavy atom. The minimum absolute atomic E-state index is 0.169. The Labute approximate surface area is 94.3 Å². The van der Waals surface area contributed by atoms with E-state index in [0.29, 0.717) is 12.1 Å². The maximum atomic E-state index is 13.5. The predicted molar refractivity (Wildman–Crippen MR) is 58.7 cm³/mol. The normalized spacial score (nSPS) is 21.9. The first-order chi connectivity index (χ1) is 7.81. The monoisotopic (exact) mass is 222 g/mol. The fraction of sp³-hybridized carbons (Fsp3) is 0.500. The second-order valence-electron chi connectivity index (χ2n) is 4.15. The lowest BCUT2D eigenvalue weighted by Crippen LogP contribution is -2.35. The van der Waals surface area contributed by atoms with Crippen molar-refractivity contribution >= 4 is 6.29 Å². The lowest BCUT2D eigenvalue weighted by Gasteiger charge is -2.31. The van der Waals surface area contributed by atoms with Crippen LogP contribution in [-0.2, 0) is 4.79 Å². The minimum Gasteiger partial charge on any atom is -0.302 e. The summed E-state index contributed by atoms with van der Waals surface area (Å²) in [5, 5.41) is 0. The van der Waals surface area contributed by atoms with Gasteiger partial charge in [-0.3, -0.25) is 4.90 Å². The van der Waals surface area contributed by atoms with E-state index < -0.39 is 0 Å². The van der Waals surface area contributed by atoms with Crippen molar-refractivity contribution in [1.82, 2.24) is 9.88 Å². The molecule has 2 heterocycles. The molecule has 1 saturated heterocycles. The molecule has 3 nitrogen and oxygen atoms in total. The third kappa shape index (κ3) is 2.44. The molecule has 2 rings (SSSR count). The Balaban J connectivity index is 2.09. The van der Waals surface area contributed by atoms with E-state index in [0.717, 1.165) is 32.2 Å². The molecule has 1 unspecified atom stereocenters. The van der Waals surface area contributed by atoms with Crippen molar-refractivity contribution in [3.8, 4) is 0 Å². The third-order valence-electron chi connectivity index (χ3n) is 3.07. The number of likely N-dealkylation sites (tertiary alicyclic amines) is 1. The van der Waals surface area contributed by atoms with Crippen LogP contribution in [0.4, 0.5) is 4.39 Å². The van der Waals surface area contributed by atoms with E-state index in [1.807, 2.05) is 0 Å². The summed E-state index contributed by atoms with van der Waals surface area (Å²) in [5.74, 6) is -0.206. The van der Waals surface area contributed by atoms with E-state index in [1.54, 1.807) is 12.1 Å². The summed E-state index contributed by atoms with van der Waals surface area (Å²) in [6.07, 6.45) is 4.34. The molecule has 1 atom stereocenters. The highest BCUT2D eigenvalue weighted by Crippen LogP contribution is 2.27. The zero-order chi connectivity index (χ0) is 11.4. The highest BCUT2D eigenvalue weighted by molar-refractivity contribution is 5.52. The highest BCUT2D eigenvalue weighted by Gasteiger charge is 2.23. The van der Waals surface area contributed by atoms with Gasteiger partial charge in [-0.2, -0.15) is 4.39 Å². The highest BCUT2D eigenvalue weighted by atomic mass is 19.1. The molecule has 4 heteroatoms. The van der Waals surface area contributed by atoms with Crippen molar-refractivity contribution in [1.29, 1.82) is 0 Å². The fourth-order valence-corrected chi connectivity index (χ4v) is 2.28. The minimum atomic E-state index is -0.375. The molecule has 0 bridgehead atoms. The molecule has 0 amide bonds. The summed E-state index contributed by atoms with van der Waals surface area (Å²) in [4.78, 5) is 16.2. The number of hydrogen-bond donors (Lipinski definition) is 0. The van der Waals surface area contributed by atoms with Crippen LogP contribution in [-0.4, -0.2) is 35.8 Å². The Hall–Kier alpha value is -1.29. The number of pyridine rings is 1.